The molecular weight excluding hydrogens is 236 g/mol. The third-order valence-electron chi connectivity index (χ3n) is 3.16. The average Bonchev–Trinajstić information content (AvgIpc) is 2.40. The SMILES string of the molecule is COc1cc(N)ccc1CN(C)c1cccc(C)c1. The van der Waals surface area contributed by atoms with Gasteiger partial charge in [0, 0.05) is 36.6 Å². The Kier molecular flexibility index (Phi) is 3.95. The zero-order valence-corrected chi connectivity index (χ0v) is 11.7. The molecule has 0 aliphatic heterocycles. The summed E-state index contributed by atoms with van der Waals surface area (Å²) in [7, 11) is 3.75. The monoisotopic (exact) mass is 256 g/mol. The molecule has 2 rings (SSSR count). The Morgan fingerprint density at radius 1 is 1.16 bits per heavy atom. The molecule has 3 nitrogen and oxygen atoms in total. The highest BCUT2D eigenvalue weighted by Crippen LogP contribution is 2.25. The second-order valence-corrected chi connectivity index (χ2v) is 4.77. The largest absolute Gasteiger partial charge is 0.496 e. The molecule has 2 aromatic carbocycles. The molecule has 0 bridgehead atoms. The third kappa shape index (κ3) is 3.19. The van der Waals surface area contributed by atoms with Crippen LogP contribution in [0.2, 0.25) is 0 Å². The fourth-order valence-corrected chi connectivity index (χ4v) is 2.10. The summed E-state index contributed by atoms with van der Waals surface area (Å²) in [4.78, 5) is 2.20. The van der Waals surface area contributed by atoms with Gasteiger partial charge < -0.3 is 15.4 Å². The number of nitrogen functional groups attached to an aromatic ring is 1. The number of hydrogen-bond acceptors (Lipinski definition) is 3. The van der Waals surface area contributed by atoms with Crippen molar-refractivity contribution >= 4 is 11.4 Å². The molecule has 0 aliphatic carbocycles. The van der Waals surface area contributed by atoms with Gasteiger partial charge in [0.05, 0.1) is 7.11 Å². The first kappa shape index (κ1) is 13.3. The molecular formula is C16H20N2O. The predicted octanol–water partition coefficient (Wildman–Crippen LogP) is 3.22. The quantitative estimate of drug-likeness (QED) is 0.854. The van der Waals surface area contributed by atoms with Crippen molar-refractivity contribution < 1.29 is 4.74 Å². The van der Waals surface area contributed by atoms with Gasteiger partial charge in [-0.15, -0.1) is 0 Å². The third-order valence-corrected chi connectivity index (χ3v) is 3.16. The zero-order chi connectivity index (χ0) is 13.8. The number of methoxy groups -OCH3 is 1. The molecule has 0 aliphatic rings. The molecule has 0 saturated heterocycles. The highest BCUT2D eigenvalue weighted by molar-refractivity contribution is 5.52. The van der Waals surface area contributed by atoms with Crippen LogP contribution in [0.25, 0.3) is 0 Å². The normalized spacial score (nSPS) is 10.3. The fourth-order valence-electron chi connectivity index (χ4n) is 2.10. The average molecular weight is 256 g/mol. The van der Waals surface area contributed by atoms with Crippen LogP contribution in [0.1, 0.15) is 11.1 Å². The van der Waals surface area contributed by atoms with Crippen molar-refractivity contribution in [3.63, 3.8) is 0 Å². The van der Waals surface area contributed by atoms with Crippen molar-refractivity contribution in [1.82, 2.24) is 0 Å². The van der Waals surface area contributed by atoms with Gasteiger partial charge in [-0.3, -0.25) is 0 Å². The van der Waals surface area contributed by atoms with Crippen molar-refractivity contribution in [1.29, 1.82) is 0 Å². The van der Waals surface area contributed by atoms with Crippen molar-refractivity contribution in [2.45, 2.75) is 13.5 Å². The molecule has 0 heterocycles. The molecule has 0 unspecified atom stereocenters. The molecule has 0 saturated carbocycles. The standard InChI is InChI=1S/C16H20N2O/c1-12-5-4-6-15(9-12)18(2)11-13-7-8-14(17)10-16(13)19-3/h4-10H,11,17H2,1-3H3. The van der Waals surface area contributed by atoms with Crippen LogP contribution in [0, 0.1) is 6.92 Å². The lowest BCUT2D eigenvalue weighted by atomic mass is 10.1. The topological polar surface area (TPSA) is 38.5 Å². The van der Waals surface area contributed by atoms with Gasteiger partial charge in [0.1, 0.15) is 5.75 Å². The van der Waals surface area contributed by atoms with E-state index >= 15 is 0 Å². The molecule has 0 fully saturated rings. The minimum atomic E-state index is 0.721. The number of rotatable bonds is 4. The second kappa shape index (κ2) is 5.65. The minimum absolute atomic E-state index is 0.721. The maximum atomic E-state index is 5.77. The summed E-state index contributed by atoms with van der Waals surface area (Å²) in [5.74, 6) is 0.833. The lowest BCUT2D eigenvalue weighted by Gasteiger charge is -2.21. The summed E-state index contributed by atoms with van der Waals surface area (Å²) in [5, 5.41) is 0. The molecule has 100 valence electrons. The zero-order valence-electron chi connectivity index (χ0n) is 11.7. The van der Waals surface area contributed by atoms with Gasteiger partial charge in [0.25, 0.3) is 0 Å². The smallest absolute Gasteiger partial charge is 0.125 e. The maximum absolute atomic E-state index is 5.77. The van der Waals surface area contributed by atoms with E-state index in [2.05, 4.69) is 43.1 Å². The first-order valence-electron chi connectivity index (χ1n) is 6.30. The van der Waals surface area contributed by atoms with Crippen LogP contribution in [0.5, 0.6) is 5.75 Å². The van der Waals surface area contributed by atoms with Crippen LogP contribution in [-0.4, -0.2) is 14.2 Å². The predicted molar refractivity (Wildman–Crippen MR) is 80.7 cm³/mol. The Morgan fingerprint density at radius 2 is 1.95 bits per heavy atom. The van der Waals surface area contributed by atoms with Gasteiger partial charge in [-0.2, -0.15) is 0 Å². The summed E-state index contributed by atoms with van der Waals surface area (Å²) in [6.45, 7) is 2.88. The van der Waals surface area contributed by atoms with Crippen molar-refractivity contribution in [2.75, 3.05) is 24.8 Å². The summed E-state index contributed by atoms with van der Waals surface area (Å²) < 4.78 is 5.38. The van der Waals surface area contributed by atoms with E-state index < -0.39 is 0 Å². The van der Waals surface area contributed by atoms with Crippen molar-refractivity contribution in [2.24, 2.45) is 0 Å². The molecule has 0 amide bonds. The van der Waals surface area contributed by atoms with Gasteiger partial charge in [-0.1, -0.05) is 18.2 Å². The van der Waals surface area contributed by atoms with Crippen molar-refractivity contribution in [3.05, 3.63) is 53.6 Å². The molecule has 2 aromatic rings. The summed E-state index contributed by atoms with van der Waals surface area (Å²) >= 11 is 0. The van der Waals surface area contributed by atoms with E-state index in [0.29, 0.717) is 0 Å². The van der Waals surface area contributed by atoms with E-state index in [4.69, 9.17) is 10.5 Å². The van der Waals surface area contributed by atoms with Gasteiger partial charge >= 0.3 is 0 Å². The molecule has 0 aromatic heterocycles. The van der Waals surface area contributed by atoms with Gasteiger partial charge in [0.2, 0.25) is 0 Å². The first-order chi connectivity index (χ1) is 9.10. The van der Waals surface area contributed by atoms with Gasteiger partial charge in [-0.05, 0) is 30.7 Å². The van der Waals surface area contributed by atoms with Crippen LogP contribution < -0.4 is 15.4 Å². The maximum Gasteiger partial charge on any atom is 0.125 e. The highest BCUT2D eigenvalue weighted by Gasteiger charge is 2.07. The fraction of sp³-hybridized carbons (Fsp3) is 0.250. The number of hydrogen-bond donors (Lipinski definition) is 1. The number of ether oxygens (including phenoxy) is 1. The Bertz CT molecular complexity index is 566. The Balaban J connectivity index is 2.21. The van der Waals surface area contributed by atoms with Crippen LogP contribution in [0.15, 0.2) is 42.5 Å². The van der Waals surface area contributed by atoms with Gasteiger partial charge in [0.15, 0.2) is 0 Å². The van der Waals surface area contributed by atoms with E-state index in [9.17, 15) is 0 Å². The number of benzene rings is 2. The molecule has 2 N–H and O–H groups in total. The molecule has 19 heavy (non-hydrogen) atoms. The second-order valence-electron chi connectivity index (χ2n) is 4.77. The number of anilines is 2. The summed E-state index contributed by atoms with van der Waals surface area (Å²) in [6, 6.07) is 14.2. The summed E-state index contributed by atoms with van der Waals surface area (Å²) in [5.41, 5.74) is 10.1. The van der Waals surface area contributed by atoms with Crippen LogP contribution >= 0.6 is 0 Å². The molecule has 0 radical (unpaired) electrons. The Hall–Kier alpha value is -2.16. The number of nitrogens with zero attached hydrogens (tertiary/aromatic N) is 1. The van der Waals surface area contributed by atoms with Crippen LogP contribution in [0.4, 0.5) is 11.4 Å². The van der Waals surface area contributed by atoms with Crippen molar-refractivity contribution in [3.8, 4) is 5.75 Å². The van der Waals surface area contributed by atoms with Gasteiger partial charge in [-0.25, -0.2) is 0 Å². The highest BCUT2D eigenvalue weighted by atomic mass is 16.5. The molecule has 0 spiro atoms. The van der Waals surface area contributed by atoms with E-state index in [1.807, 2.05) is 18.2 Å². The first-order valence-corrected chi connectivity index (χ1v) is 6.30. The van der Waals surface area contributed by atoms with Crippen LogP contribution in [0.3, 0.4) is 0 Å². The van der Waals surface area contributed by atoms with E-state index in [1.165, 1.54) is 11.3 Å². The van der Waals surface area contributed by atoms with E-state index in [-0.39, 0.29) is 0 Å². The lowest BCUT2D eigenvalue weighted by Crippen LogP contribution is -2.17. The number of nitrogens with two attached hydrogens (primary N) is 1. The van der Waals surface area contributed by atoms with E-state index in [1.54, 1.807) is 7.11 Å². The van der Waals surface area contributed by atoms with Crippen LogP contribution in [-0.2, 0) is 6.54 Å². The Labute approximate surface area is 114 Å². The van der Waals surface area contributed by atoms with E-state index in [0.717, 1.165) is 23.5 Å². The number of aryl methyl sites for hydroxylation is 1. The molecule has 3 heteroatoms. The molecule has 0 atom stereocenters. The summed E-state index contributed by atoms with van der Waals surface area (Å²) in [6.07, 6.45) is 0. The minimum Gasteiger partial charge on any atom is -0.496 e. The Morgan fingerprint density at radius 3 is 2.63 bits per heavy atom. The lowest BCUT2D eigenvalue weighted by molar-refractivity contribution is 0.410.